The van der Waals surface area contributed by atoms with E-state index in [9.17, 15) is 4.79 Å². The second-order valence-electron chi connectivity index (χ2n) is 6.04. The standard InChI is InChI=1S/C16H21N5O/c1-2-3-8-16(19-20-16)9-10-17-15(22)13-11-18-21(12-13)14-6-4-5-7-14/h1,11-12,14H,3-10H2,(H,17,22). The van der Waals surface area contributed by atoms with E-state index in [4.69, 9.17) is 6.42 Å². The first-order valence-electron chi connectivity index (χ1n) is 7.92. The van der Waals surface area contributed by atoms with Crippen molar-refractivity contribution in [2.75, 3.05) is 6.54 Å². The van der Waals surface area contributed by atoms with Crippen LogP contribution in [0.15, 0.2) is 22.6 Å². The lowest BCUT2D eigenvalue weighted by Gasteiger charge is -2.09. The summed E-state index contributed by atoms with van der Waals surface area (Å²) in [5.41, 5.74) is 0.280. The summed E-state index contributed by atoms with van der Waals surface area (Å²) in [7, 11) is 0. The summed E-state index contributed by atoms with van der Waals surface area (Å²) in [6.45, 7) is 0.547. The van der Waals surface area contributed by atoms with Crippen molar-refractivity contribution in [2.24, 2.45) is 10.2 Å². The summed E-state index contributed by atoms with van der Waals surface area (Å²) in [6.07, 6.45) is 15.7. The fraction of sp³-hybridized carbons (Fsp3) is 0.625. The molecule has 6 nitrogen and oxygen atoms in total. The van der Waals surface area contributed by atoms with Gasteiger partial charge in [0.25, 0.3) is 5.91 Å². The summed E-state index contributed by atoms with van der Waals surface area (Å²) >= 11 is 0. The Morgan fingerprint density at radius 1 is 1.41 bits per heavy atom. The van der Waals surface area contributed by atoms with Crippen molar-refractivity contribution >= 4 is 5.91 Å². The molecule has 1 saturated carbocycles. The molecule has 3 rings (SSSR count). The van der Waals surface area contributed by atoms with Crippen LogP contribution in [0.2, 0.25) is 0 Å². The Morgan fingerprint density at radius 2 is 2.18 bits per heavy atom. The number of nitrogens with one attached hydrogen (secondary N) is 1. The lowest BCUT2D eigenvalue weighted by Crippen LogP contribution is -2.28. The summed E-state index contributed by atoms with van der Waals surface area (Å²) < 4.78 is 1.93. The van der Waals surface area contributed by atoms with Crippen molar-refractivity contribution in [1.82, 2.24) is 15.1 Å². The molecule has 2 heterocycles. The van der Waals surface area contributed by atoms with Crippen molar-refractivity contribution in [3.63, 3.8) is 0 Å². The van der Waals surface area contributed by atoms with E-state index in [1.807, 2.05) is 10.9 Å². The van der Waals surface area contributed by atoms with Crippen LogP contribution in [0.3, 0.4) is 0 Å². The second-order valence-corrected chi connectivity index (χ2v) is 6.04. The smallest absolute Gasteiger partial charge is 0.254 e. The van der Waals surface area contributed by atoms with E-state index in [1.54, 1.807) is 6.20 Å². The number of nitrogens with zero attached hydrogens (tertiary/aromatic N) is 4. The van der Waals surface area contributed by atoms with Gasteiger partial charge in [-0.2, -0.15) is 15.3 Å². The highest BCUT2D eigenvalue weighted by Crippen LogP contribution is 2.36. The highest BCUT2D eigenvalue weighted by molar-refractivity contribution is 5.93. The Labute approximate surface area is 130 Å². The first-order valence-corrected chi connectivity index (χ1v) is 7.92. The van der Waals surface area contributed by atoms with Crippen molar-refractivity contribution in [3.05, 3.63) is 18.0 Å². The number of hydrogen-bond donors (Lipinski definition) is 1. The highest BCUT2D eigenvalue weighted by atomic mass is 16.1. The van der Waals surface area contributed by atoms with Gasteiger partial charge in [0.1, 0.15) is 0 Å². The van der Waals surface area contributed by atoms with Crippen LogP contribution in [-0.4, -0.2) is 27.9 Å². The summed E-state index contributed by atoms with van der Waals surface area (Å²) in [5, 5.41) is 15.4. The molecule has 1 aromatic heterocycles. The van der Waals surface area contributed by atoms with Crippen molar-refractivity contribution in [1.29, 1.82) is 0 Å². The average molecular weight is 299 g/mol. The monoisotopic (exact) mass is 299 g/mol. The van der Waals surface area contributed by atoms with Crippen LogP contribution in [-0.2, 0) is 0 Å². The van der Waals surface area contributed by atoms with Crippen LogP contribution in [0.5, 0.6) is 0 Å². The first kappa shape index (κ1) is 14.8. The third kappa shape index (κ3) is 3.35. The number of carbonyl (C=O) groups excluding carboxylic acids is 1. The van der Waals surface area contributed by atoms with Crippen LogP contribution < -0.4 is 5.32 Å². The van der Waals surface area contributed by atoms with Crippen LogP contribution >= 0.6 is 0 Å². The molecule has 0 spiro atoms. The normalized spacial score (nSPS) is 19.0. The van der Waals surface area contributed by atoms with Gasteiger partial charge < -0.3 is 5.32 Å². The summed E-state index contributed by atoms with van der Waals surface area (Å²) in [4.78, 5) is 12.1. The van der Waals surface area contributed by atoms with Gasteiger partial charge in [-0.15, -0.1) is 12.3 Å². The van der Waals surface area contributed by atoms with E-state index in [1.165, 1.54) is 12.8 Å². The number of rotatable bonds is 7. The molecular formula is C16H21N5O. The molecular weight excluding hydrogens is 278 g/mol. The minimum atomic E-state index is -0.340. The van der Waals surface area contributed by atoms with Gasteiger partial charge in [-0.25, -0.2) is 0 Å². The maximum absolute atomic E-state index is 12.1. The van der Waals surface area contributed by atoms with Crippen LogP contribution in [0.4, 0.5) is 0 Å². The Balaban J connectivity index is 1.45. The molecule has 0 saturated heterocycles. The molecule has 0 aromatic carbocycles. The second kappa shape index (κ2) is 6.30. The minimum absolute atomic E-state index is 0.0861. The largest absolute Gasteiger partial charge is 0.352 e. The van der Waals surface area contributed by atoms with E-state index in [2.05, 4.69) is 26.6 Å². The van der Waals surface area contributed by atoms with E-state index in [-0.39, 0.29) is 11.6 Å². The SMILES string of the molecule is C#CCCC1(CCNC(=O)c2cnn(C3CCCC3)c2)N=N1. The Hall–Kier alpha value is -2.16. The van der Waals surface area contributed by atoms with Gasteiger partial charge in [0.05, 0.1) is 17.8 Å². The predicted octanol–water partition coefficient (Wildman–Crippen LogP) is 2.69. The Kier molecular flexibility index (Phi) is 4.23. The van der Waals surface area contributed by atoms with E-state index >= 15 is 0 Å². The van der Waals surface area contributed by atoms with Crippen molar-refractivity contribution in [3.8, 4) is 12.3 Å². The molecule has 0 bridgehead atoms. The van der Waals surface area contributed by atoms with Crippen LogP contribution in [0, 0.1) is 12.3 Å². The fourth-order valence-corrected chi connectivity index (χ4v) is 2.97. The summed E-state index contributed by atoms with van der Waals surface area (Å²) in [5.74, 6) is 2.51. The zero-order valence-corrected chi connectivity index (χ0v) is 12.7. The molecule has 116 valence electrons. The minimum Gasteiger partial charge on any atom is -0.352 e. The van der Waals surface area contributed by atoms with E-state index in [0.717, 1.165) is 19.3 Å². The number of hydrogen-bond acceptors (Lipinski definition) is 4. The lowest BCUT2D eigenvalue weighted by molar-refractivity contribution is 0.0951. The number of amides is 1. The summed E-state index contributed by atoms with van der Waals surface area (Å²) in [6, 6.07) is 0.456. The zero-order valence-electron chi connectivity index (χ0n) is 12.7. The Bertz CT molecular complexity index is 600. The molecule has 6 heteroatoms. The Morgan fingerprint density at radius 3 is 2.86 bits per heavy atom. The number of carbonyl (C=O) groups is 1. The molecule has 22 heavy (non-hydrogen) atoms. The molecule has 1 aliphatic carbocycles. The van der Waals surface area contributed by atoms with Crippen molar-refractivity contribution in [2.45, 2.75) is 56.7 Å². The molecule has 0 atom stereocenters. The lowest BCUT2D eigenvalue weighted by atomic mass is 10.0. The quantitative estimate of drug-likeness (QED) is 0.786. The van der Waals surface area contributed by atoms with Crippen LogP contribution in [0.25, 0.3) is 0 Å². The predicted molar refractivity (Wildman–Crippen MR) is 82.3 cm³/mol. The van der Waals surface area contributed by atoms with Gasteiger partial charge >= 0.3 is 0 Å². The topological polar surface area (TPSA) is 71.6 Å². The number of terminal acetylenes is 1. The highest BCUT2D eigenvalue weighted by Gasteiger charge is 2.38. The molecule has 0 unspecified atom stereocenters. The van der Waals surface area contributed by atoms with Crippen molar-refractivity contribution < 1.29 is 4.79 Å². The van der Waals surface area contributed by atoms with Gasteiger partial charge in [0, 0.05) is 32.0 Å². The molecule has 1 N–H and O–H groups in total. The zero-order chi connectivity index (χ0) is 15.4. The average Bonchev–Trinajstić information content (AvgIpc) is 2.98. The maximum atomic E-state index is 12.1. The van der Waals surface area contributed by atoms with Gasteiger partial charge in [-0.1, -0.05) is 12.8 Å². The van der Waals surface area contributed by atoms with E-state index < -0.39 is 0 Å². The third-order valence-electron chi connectivity index (χ3n) is 4.43. The van der Waals surface area contributed by atoms with Gasteiger partial charge in [0.15, 0.2) is 5.66 Å². The molecule has 1 aromatic rings. The molecule has 1 fully saturated rings. The van der Waals surface area contributed by atoms with Gasteiger partial charge in [-0.3, -0.25) is 9.48 Å². The first-order chi connectivity index (χ1) is 10.7. The number of aromatic nitrogens is 2. The molecule has 2 aliphatic rings. The maximum Gasteiger partial charge on any atom is 0.254 e. The van der Waals surface area contributed by atoms with Gasteiger partial charge in [0.2, 0.25) is 0 Å². The van der Waals surface area contributed by atoms with E-state index in [0.29, 0.717) is 31.0 Å². The molecule has 0 radical (unpaired) electrons. The fourth-order valence-electron chi connectivity index (χ4n) is 2.97. The van der Waals surface area contributed by atoms with Crippen LogP contribution in [0.1, 0.15) is 61.3 Å². The van der Waals surface area contributed by atoms with Gasteiger partial charge in [-0.05, 0) is 12.8 Å². The molecule has 1 aliphatic heterocycles. The third-order valence-corrected chi connectivity index (χ3v) is 4.43. The molecule has 1 amide bonds.